The normalized spacial score (nSPS) is 12.4. The molecule has 0 amide bonds. The van der Waals surface area contributed by atoms with Crippen LogP contribution >= 0.6 is 35.0 Å². The summed E-state index contributed by atoms with van der Waals surface area (Å²) in [5, 5.41) is 4.64. The van der Waals surface area contributed by atoms with E-state index in [9.17, 15) is 4.39 Å². The molecule has 0 aliphatic rings. The fourth-order valence-corrected chi connectivity index (χ4v) is 3.57. The van der Waals surface area contributed by atoms with Crippen molar-refractivity contribution in [2.45, 2.75) is 17.9 Å². The molecule has 1 atom stereocenters. The summed E-state index contributed by atoms with van der Waals surface area (Å²) in [7, 11) is 0. The van der Waals surface area contributed by atoms with Crippen molar-refractivity contribution in [2.24, 2.45) is 0 Å². The summed E-state index contributed by atoms with van der Waals surface area (Å²) in [5.74, 6) is 0.474. The molecule has 0 aromatic heterocycles. The van der Waals surface area contributed by atoms with Crippen LogP contribution in [0.3, 0.4) is 0 Å². The van der Waals surface area contributed by atoms with Crippen molar-refractivity contribution >= 4 is 35.0 Å². The first-order valence-electron chi connectivity index (χ1n) is 6.67. The summed E-state index contributed by atoms with van der Waals surface area (Å²) >= 11 is 13.8. The van der Waals surface area contributed by atoms with Gasteiger partial charge >= 0.3 is 0 Å². The van der Waals surface area contributed by atoms with E-state index in [1.54, 1.807) is 17.8 Å². The fourth-order valence-electron chi connectivity index (χ4n) is 2.02. The molecule has 2 aromatic rings. The second-order valence-corrected chi connectivity index (χ2v) is 6.48. The Balaban J connectivity index is 2.13. The lowest BCUT2D eigenvalue weighted by Crippen LogP contribution is -2.23. The van der Waals surface area contributed by atoms with Gasteiger partial charge in [0, 0.05) is 26.7 Å². The molecule has 0 saturated carbocycles. The molecular formula is C16H16Cl2FNS. The molecular weight excluding hydrogens is 328 g/mol. The minimum atomic E-state index is -0.273. The Morgan fingerprint density at radius 3 is 2.71 bits per heavy atom. The fraction of sp³-hybridized carbons (Fsp3) is 0.250. The van der Waals surface area contributed by atoms with Crippen LogP contribution in [0.4, 0.5) is 4.39 Å². The molecule has 0 aliphatic carbocycles. The van der Waals surface area contributed by atoms with E-state index in [0.717, 1.165) is 22.8 Å². The minimum Gasteiger partial charge on any atom is -0.309 e. The number of hydrogen-bond acceptors (Lipinski definition) is 2. The van der Waals surface area contributed by atoms with E-state index in [1.807, 2.05) is 31.2 Å². The first-order chi connectivity index (χ1) is 10.1. The zero-order chi connectivity index (χ0) is 15.2. The average molecular weight is 344 g/mol. The molecule has 112 valence electrons. The summed E-state index contributed by atoms with van der Waals surface area (Å²) in [5.41, 5.74) is 0.785. The van der Waals surface area contributed by atoms with Crippen LogP contribution in [0.15, 0.2) is 47.4 Å². The highest BCUT2D eigenvalue weighted by Gasteiger charge is 2.15. The molecule has 0 fully saturated rings. The molecule has 2 aromatic carbocycles. The quantitative estimate of drug-likeness (QED) is 0.687. The number of benzene rings is 2. The van der Waals surface area contributed by atoms with E-state index in [-0.39, 0.29) is 11.9 Å². The maximum Gasteiger partial charge on any atom is 0.123 e. The predicted molar refractivity (Wildman–Crippen MR) is 90.0 cm³/mol. The molecule has 0 bridgehead atoms. The minimum absolute atomic E-state index is 0.0119. The van der Waals surface area contributed by atoms with Crippen molar-refractivity contribution in [3.8, 4) is 0 Å². The second kappa shape index (κ2) is 8.04. The van der Waals surface area contributed by atoms with Gasteiger partial charge in [-0.15, -0.1) is 11.8 Å². The third kappa shape index (κ3) is 4.89. The Bertz CT molecular complexity index is 607. The highest BCUT2D eigenvalue weighted by molar-refractivity contribution is 7.99. The first-order valence-corrected chi connectivity index (χ1v) is 8.41. The summed E-state index contributed by atoms with van der Waals surface area (Å²) in [6.45, 7) is 2.80. The Hall–Kier alpha value is -0.740. The summed E-state index contributed by atoms with van der Waals surface area (Å²) < 4.78 is 13.5. The third-order valence-corrected chi connectivity index (χ3v) is 4.66. The lowest BCUT2D eigenvalue weighted by atomic mass is 10.1. The molecule has 0 spiro atoms. The zero-order valence-corrected chi connectivity index (χ0v) is 13.9. The van der Waals surface area contributed by atoms with Crippen LogP contribution in [0.5, 0.6) is 0 Å². The van der Waals surface area contributed by atoms with E-state index < -0.39 is 0 Å². The van der Waals surface area contributed by atoms with Crippen LogP contribution in [-0.4, -0.2) is 12.3 Å². The highest BCUT2D eigenvalue weighted by Crippen LogP contribution is 2.30. The number of nitrogens with one attached hydrogen (secondary N) is 1. The monoisotopic (exact) mass is 343 g/mol. The van der Waals surface area contributed by atoms with Gasteiger partial charge in [0.05, 0.1) is 0 Å². The van der Waals surface area contributed by atoms with Gasteiger partial charge in [0.25, 0.3) is 0 Å². The standard InChI is InChI=1S/C16H16Cl2FNS/c1-2-20-16(14-9-12(19)6-7-15(14)18)10-21-13-5-3-4-11(17)8-13/h3-9,16,20H,2,10H2,1H3. The Labute approximate surface area is 138 Å². The van der Waals surface area contributed by atoms with Crippen LogP contribution in [0.25, 0.3) is 0 Å². The van der Waals surface area contributed by atoms with Gasteiger partial charge < -0.3 is 5.32 Å². The molecule has 21 heavy (non-hydrogen) atoms. The SMILES string of the molecule is CCNC(CSc1cccc(Cl)c1)c1cc(F)ccc1Cl. The van der Waals surface area contributed by atoms with Crippen LogP contribution in [0.1, 0.15) is 18.5 Å². The number of thioether (sulfide) groups is 1. The van der Waals surface area contributed by atoms with Gasteiger partial charge in [-0.3, -0.25) is 0 Å². The molecule has 1 nitrogen and oxygen atoms in total. The summed E-state index contributed by atoms with van der Waals surface area (Å²) in [4.78, 5) is 1.08. The summed E-state index contributed by atoms with van der Waals surface area (Å²) in [6, 6.07) is 12.1. The molecule has 0 heterocycles. The largest absolute Gasteiger partial charge is 0.309 e. The van der Waals surface area contributed by atoms with Gasteiger partial charge in [0.2, 0.25) is 0 Å². The number of halogens is 3. The number of rotatable bonds is 6. The van der Waals surface area contributed by atoms with Gasteiger partial charge in [-0.25, -0.2) is 4.39 Å². The van der Waals surface area contributed by atoms with E-state index >= 15 is 0 Å². The van der Waals surface area contributed by atoms with Crippen molar-refractivity contribution < 1.29 is 4.39 Å². The van der Waals surface area contributed by atoms with Crippen molar-refractivity contribution in [3.05, 3.63) is 63.9 Å². The van der Waals surface area contributed by atoms with Gasteiger partial charge in [-0.05, 0) is 48.5 Å². The molecule has 1 N–H and O–H groups in total. The van der Waals surface area contributed by atoms with Gasteiger partial charge in [0.1, 0.15) is 5.82 Å². The van der Waals surface area contributed by atoms with Gasteiger partial charge in [-0.2, -0.15) is 0 Å². The maximum atomic E-state index is 13.5. The topological polar surface area (TPSA) is 12.0 Å². The van der Waals surface area contributed by atoms with Gasteiger partial charge in [0.15, 0.2) is 0 Å². The maximum absolute atomic E-state index is 13.5. The van der Waals surface area contributed by atoms with Crippen LogP contribution in [0, 0.1) is 5.82 Å². The van der Waals surface area contributed by atoms with E-state index in [4.69, 9.17) is 23.2 Å². The molecule has 5 heteroatoms. The lowest BCUT2D eigenvalue weighted by Gasteiger charge is -2.19. The molecule has 0 saturated heterocycles. The first kappa shape index (κ1) is 16.6. The van der Waals surface area contributed by atoms with Crippen LogP contribution in [0.2, 0.25) is 10.0 Å². The number of hydrogen-bond donors (Lipinski definition) is 1. The van der Waals surface area contributed by atoms with Crippen molar-refractivity contribution in [1.82, 2.24) is 5.32 Å². The predicted octanol–water partition coefficient (Wildman–Crippen LogP) is 5.58. The lowest BCUT2D eigenvalue weighted by molar-refractivity contribution is 0.589. The third-order valence-electron chi connectivity index (χ3n) is 3.00. The van der Waals surface area contributed by atoms with Crippen LogP contribution in [-0.2, 0) is 0 Å². The molecule has 0 radical (unpaired) electrons. The molecule has 1 unspecified atom stereocenters. The Morgan fingerprint density at radius 2 is 2.00 bits per heavy atom. The zero-order valence-electron chi connectivity index (χ0n) is 11.6. The molecule has 0 aliphatic heterocycles. The average Bonchev–Trinajstić information content (AvgIpc) is 2.46. The van der Waals surface area contributed by atoms with Gasteiger partial charge in [-0.1, -0.05) is 36.2 Å². The highest BCUT2D eigenvalue weighted by atomic mass is 35.5. The smallest absolute Gasteiger partial charge is 0.123 e. The summed E-state index contributed by atoms with van der Waals surface area (Å²) in [6.07, 6.45) is 0. The van der Waals surface area contributed by atoms with Crippen molar-refractivity contribution in [3.63, 3.8) is 0 Å². The van der Waals surface area contributed by atoms with Crippen molar-refractivity contribution in [2.75, 3.05) is 12.3 Å². The van der Waals surface area contributed by atoms with E-state index in [2.05, 4.69) is 5.32 Å². The van der Waals surface area contributed by atoms with E-state index in [0.29, 0.717) is 10.0 Å². The molecule has 2 rings (SSSR count). The van der Waals surface area contributed by atoms with Crippen molar-refractivity contribution in [1.29, 1.82) is 0 Å². The van der Waals surface area contributed by atoms with E-state index in [1.165, 1.54) is 12.1 Å². The Morgan fingerprint density at radius 1 is 1.19 bits per heavy atom. The van der Waals surface area contributed by atoms with Crippen LogP contribution < -0.4 is 5.32 Å². The Kier molecular flexibility index (Phi) is 6.37. The second-order valence-electron chi connectivity index (χ2n) is 4.54.